The summed E-state index contributed by atoms with van der Waals surface area (Å²) in [5, 5.41) is 16.3. The quantitative estimate of drug-likeness (QED) is 0.689. The maximum Gasteiger partial charge on any atom is 0.234 e. The average Bonchev–Trinajstić information content (AvgIpc) is 2.62. The van der Waals surface area contributed by atoms with Gasteiger partial charge in [-0.3, -0.25) is 4.79 Å². The fraction of sp³-hybridized carbons (Fsp3) is 0.412. The maximum absolute atomic E-state index is 13.1. The lowest BCUT2D eigenvalue weighted by Gasteiger charge is -2.39. The van der Waals surface area contributed by atoms with Crippen LogP contribution in [0, 0.1) is 5.92 Å². The first-order valence-corrected chi connectivity index (χ1v) is 8.42. The van der Waals surface area contributed by atoms with Gasteiger partial charge in [0.1, 0.15) is 5.92 Å². The zero-order chi connectivity index (χ0) is 18.0. The molecule has 0 spiro atoms. The normalized spacial score (nSPS) is 23.6. The van der Waals surface area contributed by atoms with Crippen molar-refractivity contribution in [2.24, 2.45) is 5.92 Å². The minimum Gasteiger partial charge on any atom is -0.504 e. The number of hydrogen-bond acceptors (Lipinski definition) is 5. The summed E-state index contributed by atoms with van der Waals surface area (Å²) in [5.41, 5.74) is 1.34. The summed E-state index contributed by atoms with van der Waals surface area (Å²) < 4.78 is 10.5. The number of benzene rings is 1. The SMILES string of the molecule is C=C1NC(=S)N[C@H](c2ccc(O)c(OC)c2)[C@H]1C(=O)N1CCOCC1. The molecule has 2 saturated heterocycles. The van der Waals surface area contributed by atoms with E-state index in [0.717, 1.165) is 5.56 Å². The van der Waals surface area contributed by atoms with Gasteiger partial charge < -0.3 is 30.1 Å². The molecule has 0 unspecified atom stereocenters. The van der Waals surface area contributed by atoms with Crippen LogP contribution < -0.4 is 15.4 Å². The van der Waals surface area contributed by atoms with Gasteiger partial charge >= 0.3 is 0 Å². The second-order valence-corrected chi connectivity index (χ2v) is 6.36. The highest BCUT2D eigenvalue weighted by atomic mass is 32.1. The topological polar surface area (TPSA) is 83.1 Å². The van der Waals surface area contributed by atoms with E-state index in [4.69, 9.17) is 21.7 Å². The van der Waals surface area contributed by atoms with Gasteiger partial charge in [0.25, 0.3) is 0 Å². The van der Waals surface area contributed by atoms with Crippen LogP contribution >= 0.6 is 12.2 Å². The molecule has 134 valence electrons. The Labute approximate surface area is 151 Å². The number of rotatable bonds is 3. The van der Waals surface area contributed by atoms with E-state index in [2.05, 4.69) is 17.2 Å². The van der Waals surface area contributed by atoms with Gasteiger partial charge in [0.15, 0.2) is 16.6 Å². The van der Waals surface area contributed by atoms with Gasteiger partial charge in [-0.2, -0.15) is 0 Å². The average molecular weight is 363 g/mol. The first kappa shape index (κ1) is 17.5. The molecule has 2 fully saturated rings. The lowest BCUT2D eigenvalue weighted by Crippen LogP contribution is -2.55. The van der Waals surface area contributed by atoms with Crippen LogP contribution in [0.1, 0.15) is 11.6 Å². The van der Waals surface area contributed by atoms with Crippen molar-refractivity contribution in [2.45, 2.75) is 6.04 Å². The van der Waals surface area contributed by atoms with E-state index in [1.807, 2.05) is 0 Å². The molecule has 0 saturated carbocycles. The highest BCUT2D eigenvalue weighted by molar-refractivity contribution is 7.80. The fourth-order valence-corrected chi connectivity index (χ4v) is 3.38. The Morgan fingerprint density at radius 3 is 2.84 bits per heavy atom. The monoisotopic (exact) mass is 363 g/mol. The third-order valence-corrected chi connectivity index (χ3v) is 4.64. The van der Waals surface area contributed by atoms with E-state index in [1.165, 1.54) is 7.11 Å². The van der Waals surface area contributed by atoms with Crippen molar-refractivity contribution in [2.75, 3.05) is 33.4 Å². The predicted molar refractivity (Wildman–Crippen MR) is 96.3 cm³/mol. The van der Waals surface area contributed by atoms with E-state index in [-0.39, 0.29) is 11.7 Å². The minimum atomic E-state index is -0.529. The van der Waals surface area contributed by atoms with E-state index in [0.29, 0.717) is 42.9 Å². The molecule has 1 aromatic rings. The van der Waals surface area contributed by atoms with Crippen LogP contribution in [-0.2, 0) is 9.53 Å². The van der Waals surface area contributed by atoms with Crippen LogP contribution in [0.5, 0.6) is 11.5 Å². The van der Waals surface area contributed by atoms with Crippen LogP contribution in [0.3, 0.4) is 0 Å². The number of carbonyl (C=O) groups excluding carboxylic acids is 1. The molecule has 2 aliphatic heterocycles. The largest absolute Gasteiger partial charge is 0.504 e. The van der Waals surface area contributed by atoms with Crippen molar-refractivity contribution in [3.63, 3.8) is 0 Å². The molecule has 1 amide bonds. The molecule has 2 aliphatic rings. The van der Waals surface area contributed by atoms with E-state index in [1.54, 1.807) is 23.1 Å². The Bertz CT molecular complexity index is 703. The predicted octanol–water partition coefficient (Wildman–Crippen LogP) is 0.908. The van der Waals surface area contributed by atoms with Crippen LogP contribution in [-0.4, -0.2) is 54.4 Å². The Morgan fingerprint density at radius 1 is 1.44 bits per heavy atom. The summed E-state index contributed by atoms with van der Waals surface area (Å²) in [6.45, 7) is 6.17. The van der Waals surface area contributed by atoms with Gasteiger partial charge in [-0.05, 0) is 29.9 Å². The summed E-state index contributed by atoms with van der Waals surface area (Å²) in [7, 11) is 1.48. The molecular formula is C17H21N3O4S. The first-order chi connectivity index (χ1) is 12.0. The van der Waals surface area contributed by atoms with Gasteiger partial charge in [-0.25, -0.2) is 0 Å². The summed E-state index contributed by atoms with van der Waals surface area (Å²) >= 11 is 5.23. The molecule has 0 aliphatic carbocycles. The summed E-state index contributed by atoms with van der Waals surface area (Å²) in [6.07, 6.45) is 0. The molecule has 25 heavy (non-hydrogen) atoms. The maximum atomic E-state index is 13.1. The van der Waals surface area contributed by atoms with Crippen LogP contribution in [0.25, 0.3) is 0 Å². The van der Waals surface area contributed by atoms with Crippen molar-refractivity contribution < 1.29 is 19.4 Å². The molecule has 8 heteroatoms. The summed E-state index contributed by atoms with van der Waals surface area (Å²) in [6, 6.07) is 4.59. The molecule has 3 N–H and O–H groups in total. The Hall–Kier alpha value is -2.32. The molecule has 1 aromatic carbocycles. The Morgan fingerprint density at radius 2 is 2.16 bits per heavy atom. The lowest BCUT2D eigenvalue weighted by atomic mass is 9.87. The van der Waals surface area contributed by atoms with Crippen LogP contribution in [0.2, 0.25) is 0 Å². The number of hydrogen-bond donors (Lipinski definition) is 3. The molecule has 2 heterocycles. The van der Waals surface area contributed by atoms with Gasteiger partial charge in [-0.1, -0.05) is 12.6 Å². The Kier molecular flexibility index (Phi) is 5.10. The number of phenols is 1. The number of phenolic OH excluding ortho intramolecular Hbond substituents is 1. The number of thiocarbonyl (C=S) groups is 1. The van der Waals surface area contributed by atoms with E-state index < -0.39 is 12.0 Å². The van der Waals surface area contributed by atoms with Crippen molar-refractivity contribution in [1.29, 1.82) is 0 Å². The summed E-state index contributed by atoms with van der Waals surface area (Å²) in [4.78, 5) is 14.9. The standard InChI is InChI=1S/C17H21N3O4S/c1-10-14(16(22)20-5-7-24-8-6-20)15(19-17(25)18-10)11-3-4-12(21)13(9-11)23-2/h3-4,9,14-15,21H,1,5-8H2,2H3,(H2,18,19,25)/t14-,15+/m0/s1. The molecule has 3 rings (SSSR count). The minimum absolute atomic E-state index is 0.0344. The van der Waals surface area contributed by atoms with Crippen molar-refractivity contribution in [3.8, 4) is 11.5 Å². The van der Waals surface area contributed by atoms with Crippen molar-refractivity contribution in [1.82, 2.24) is 15.5 Å². The number of nitrogens with one attached hydrogen (secondary N) is 2. The smallest absolute Gasteiger partial charge is 0.234 e. The van der Waals surface area contributed by atoms with Gasteiger partial charge in [0.05, 0.1) is 26.4 Å². The number of methoxy groups -OCH3 is 1. The zero-order valence-electron chi connectivity index (χ0n) is 13.9. The highest BCUT2D eigenvalue weighted by Gasteiger charge is 2.39. The van der Waals surface area contributed by atoms with Gasteiger partial charge in [0, 0.05) is 18.8 Å². The number of nitrogens with zero attached hydrogens (tertiary/aromatic N) is 1. The van der Waals surface area contributed by atoms with E-state index >= 15 is 0 Å². The number of ether oxygens (including phenoxy) is 2. The molecule has 0 radical (unpaired) electrons. The third-order valence-electron chi connectivity index (χ3n) is 4.42. The lowest BCUT2D eigenvalue weighted by molar-refractivity contribution is -0.139. The van der Waals surface area contributed by atoms with Gasteiger partial charge in [0.2, 0.25) is 5.91 Å². The van der Waals surface area contributed by atoms with Crippen LogP contribution in [0.4, 0.5) is 0 Å². The second kappa shape index (κ2) is 7.28. The van der Waals surface area contributed by atoms with Crippen molar-refractivity contribution in [3.05, 3.63) is 36.0 Å². The number of amides is 1. The second-order valence-electron chi connectivity index (χ2n) is 5.95. The summed E-state index contributed by atoms with van der Waals surface area (Å²) in [5.74, 6) is -0.184. The molecular weight excluding hydrogens is 342 g/mol. The first-order valence-electron chi connectivity index (χ1n) is 8.01. The number of carbonyl (C=O) groups is 1. The molecule has 0 bridgehead atoms. The molecule has 2 atom stereocenters. The molecule has 0 aromatic heterocycles. The third kappa shape index (κ3) is 3.54. The Balaban J connectivity index is 1.93. The number of morpholine rings is 1. The highest BCUT2D eigenvalue weighted by Crippen LogP contribution is 2.35. The number of aromatic hydroxyl groups is 1. The molecule has 7 nitrogen and oxygen atoms in total. The van der Waals surface area contributed by atoms with Gasteiger partial charge in [-0.15, -0.1) is 0 Å². The fourth-order valence-electron chi connectivity index (χ4n) is 3.12. The van der Waals surface area contributed by atoms with E-state index in [9.17, 15) is 9.90 Å². The van der Waals surface area contributed by atoms with Crippen LogP contribution in [0.15, 0.2) is 30.5 Å². The van der Waals surface area contributed by atoms with Crippen molar-refractivity contribution >= 4 is 23.2 Å². The zero-order valence-corrected chi connectivity index (χ0v) is 14.8.